The van der Waals surface area contributed by atoms with Gasteiger partial charge in [0.15, 0.2) is 11.5 Å². The van der Waals surface area contributed by atoms with E-state index in [1.165, 1.54) is 6.26 Å². The summed E-state index contributed by atoms with van der Waals surface area (Å²) >= 11 is 0. The zero-order chi connectivity index (χ0) is 20.1. The molecule has 0 fully saturated rings. The topological polar surface area (TPSA) is 64.6 Å². The smallest absolute Gasteiger partial charge is 0.165 e. The lowest BCUT2D eigenvalue weighted by Gasteiger charge is -2.28. The summed E-state index contributed by atoms with van der Waals surface area (Å²) in [5.74, 6) is 1.19. The van der Waals surface area contributed by atoms with Crippen molar-refractivity contribution in [3.8, 4) is 11.5 Å². The molecule has 0 aliphatic heterocycles. The summed E-state index contributed by atoms with van der Waals surface area (Å²) in [6.45, 7) is 6.85. The van der Waals surface area contributed by atoms with E-state index in [-0.39, 0.29) is 11.8 Å². The Hall–Kier alpha value is -1.83. The van der Waals surface area contributed by atoms with Crippen molar-refractivity contribution in [2.75, 3.05) is 19.1 Å². The first-order chi connectivity index (χ1) is 12.6. The Morgan fingerprint density at radius 3 is 2.26 bits per heavy atom. The second-order valence-electron chi connectivity index (χ2n) is 7.69. The van der Waals surface area contributed by atoms with E-state index < -0.39 is 18.1 Å². The van der Waals surface area contributed by atoms with Crippen LogP contribution in [-0.2, 0) is 16.4 Å². The van der Waals surface area contributed by atoms with Crippen molar-refractivity contribution >= 4 is 18.1 Å². The van der Waals surface area contributed by atoms with Crippen LogP contribution in [0.1, 0.15) is 17.2 Å². The van der Waals surface area contributed by atoms with Gasteiger partial charge in [0, 0.05) is 17.9 Å². The third kappa shape index (κ3) is 7.01. The predicted octanol–water partition coefficient (Wildman–Crippen LogP) is 3.78. The molecule has 2 aromatic rings. The average Bonchev–Trinajstić information content (AvgIpc) is 2.57. The normalized spacial score (nSPS) is 13.2. The second kappa shape index (κ2) is 8.90. The van der Waals surface area contributed by atoms with Crippen molar-refractivity contribution in [3.63, 3.8) is 0 Å². The first kappa shape index (κ1) is 21.5. The third-order valence-electron chi connectivity index (χ3n) is 3.90. The molecule has 148 valence electrons. The van der Waals surface area contributed by atoms with Crippen LogP contribution in [0.25, 0.3) is 0 Å². The fourth-order valence-corrected chi connectivity index (χ4v) is 5.23. The molecule has 1 N–H and O–H groups in total. The van der Waals surface area contributed by atoms with Crippen molar-refractivity contribution in [2.45, 2.75) is 32.3 Å². The number of methoxy groups -OCH3 is 1. The van der Waals surface area contributed by atoms with Crippen LogP contribution in [0.5, 0.6) is 11.5 Å². The molecule has 1 unspecified atom stereocenters. The monoisotopic (exact) mass is 407 g/mol. The number of nitrogens with one attached hydrogen (secondary N) is 1. The summed E-state index contributed by atoms with van der Waals surface area (Å²) in [7, 11) is -3.33. The van der Waals surface area contributed by atoms with Gasteiger partial charge in [-0.3, -0.25) is 0 Å². The van der Waals surface area contributed by atoms with Crippen LogP contribution in [0.15, 0.2) is 48.5 Å². The van der Waals surface area contributed by atoms with Gasteiger partial charge < -0.3 is 14.5 Å². The molecule has 7 heteroatoms. The molecular formula is C20H29NO4SSi. The summed E-state index contributed by atoms with van der Waals surface area (Å²) in [4.78, 5) is 3.53. The zero-order valence-electron chi connectivity index (χ0n) is 16.7. The maximum atomic E-state index is 12.0. The lowest BCUT2D eigenvalue weighted by atomic mass is 10.1. The number of para-hydroxylation sites is 1. The molecule has 0 heterocycles. The molecule has 0 spiro atoms. The van der Waals surface area contributed by atoms with Gasteiger partial charge in [-0.05, 0) is 11.6 Å². The van der Waals surface area contributed by atoms with Gasteiger partial charge in [-0.2, -0.15) is 0 Å². The van der Waals surface area contributed by atoms with Crippen molar-refractivity contribution < 1.29 is 17.9 Å². The first-order valence-electron chi connectivity index (χ1n) is 8.88. The minimum atomic E-state index is -3.17. The molecular weight excluding hydrogens is 378 g/mol. The van der Waals surface area contributed by atoms with E-state index >= 15 is 0 Å². The number of sulfone groups is 1. The summed E-state index contributed by atoms with van der Waals surface area (Å²) < 4.78 is 35.6. The van der Waals surface area contributed by atoms with Crippen LogP contribution in [0.2, 0.25) is 19.6 Å². The van der Waals surface area contributed by atoms with Crippen molar-refractivity contribution in [1.82, 2.24) is 4.98 Å². The highest BCUT2D eigenvalue weighted by molar-refractivity contribution is 7.90. The van der Waals surface area contributed by atoms with Crippen LogP contribution in [0.3, 0.4) is 0 Å². The number of rotatable bonds is 9. The summed E-state index contributed by atoms with van der Waals surface area (Å²) in [5, 5.41) is 0. The third-order valence-corrected chi connectivity index (χ3v) is 6.06. The van der Waals surface area contributed by atoms with Crippen LogP contribution in [0, 0.1) is 0 Å². The summed E-state index contributed by atoms with van der Waals surface area (Å²) in [5.41, 5.74) is 1.86. The average molecular weight is 408 g/mol. The quantitative estimate of drug-likeness (QED) is 0.641. The first-order valence-corrected chi connectivity index (χ1v) is 14.4. The molecule has 0 bridgehead atoms. The van der Waals surface area contributed by atoms with E-state index in [1.807, 2.05) is 48.5 Å². The van der Waals surface area contributed by atoms with Crippen LogP contribution >= 0.6 is 0 Å². The highest BCUT2D eigenvalue weighted by Crippen LogP contribution is 2.36. The Morgan fingerprint density at radius 1 is 1.04 bits per heavy atom. The van der Waals surface area contributed by atoms with Gasteiger partial charge in [0.05, 0.1) is 12.9 Å². The van der Waals surface area contributed by atoms with Crippen LogP contribution in [0.4, 0.5) is 0 Å². The molecule has 0 aliphatic carbocycles. The van der Waals surface area contributed by atoms with E-state index in [1.54, 1.807) is 7.11 Å². The van der Waals surface area contributed by atoms with E-state index in [0.717, 1.165) is 11.1 Å². The number of hydrogen-bond acceptors (Lipinski definition) is 5. The van der Waals surface area contributed by atoms with E-state index in [9.17, 15) is 8.42 Å². The molecule has 0 aliphatic rings. The minimum Gasteiger partial charge on any atom is -0.493 e. The van der Waals surface area contributed by atoms with Crippen molar-refractivity contribution in [1.29, 1.82) is 0 Å². The van der Waals surface area contributed by atoms with Gasteiger partial charge in [0.1, 0.15) is 24.7 Å². The summed E-state index contributed by atoms with van der Waals surface area (Å²) in [6.07, 6.45) is 1.26. The minimum absolute atomic E-state index is 0.00969. The lowest BCUT2D eigenvalue weighted by molar-refractivity contribution is 0.282. The maximum Gasteiger partial charge on any atom is 0.165 e. The van der Waals surface area contributed by atoms with Crippen LogP contribution < -0.4 is 14.5 Å². The standard InChI is InChI=1S/C20H29NO4SSi/c1-24-20-17(18(15-26(2,22)23)21-27(3,4)5)12-9-13-19(20)25-14-16-10-7-6-8-11-16/h6-13,18,21H,14-15H2,1-5H3. The Balaban J connectivity index is 2.35. The van der Waals surface area contributed by atoms with Gasteiger partial charge in [0.25, 0.3) is 0 Å². The second-order valence-corrected chi connectivity index (χ2v) is 14.7. The number of hydrogen-bond donors (Lipinski definition) is 1. The Morgan fingerprint density at radius 2 is 1.70 bits per heavy atom. The lowest BCUT2D eigenvalue weighted by Crippen LogP contribution is -2.45. The van der Waals surface area contributed by atoms with Gasteiger partial charge in [-0.25, -0.2) is 8.42 Å². The fourth-order valence-electron chi connectivity index (χ4n) is 2.91. The number of ether oxygens (including phenoxy) is 2. The van der Waals surface area contributed by atoms with Gasteiger partial charge >= 0.3 is 0 Å². The van der Waals surface area contributed by atoms with E-state index in [4.69, 9.17) is 9.47 Å². The van der Waals surface area contributed by atoms with Crippen molar-refractivity contribution in [3.05, 3.63) is 59.7 Å². The van der Waals surface area contributed by atoms with Crippen molar-refractivity contribution in [2.24, 2.45) is 0 Å². The SMILES string of the molecule is COc1c(OCc2ccccc2)cccc1C(CS(C)(=O)=O)N[Si](C)(C)C. The van der Waals surface area contributed by atoms with E-state index in [2.05, 4.69) is 24.6 Å². The Bertz CT molecular complexity index is 848. The highest BCUT2D eigenvalue weighted by atomic mass is 32.2. The van der Waals surface area contributed by atoms with Gasteiger partial charge in [0.2, 0.25) is 0 Å². The maximum absolute atomic E-state index is 12.0. The number of benzene rings is 2. The molecule has 1 atom stereocenters. The molecule has 0 saturated heterocycles. The van der Waals surface area contributed by atoms with Crippen LogP contribution in [-0.4, -0.2) is 35.8 Å². The molecule has 0 radical (unpaired) electrons. The Labute approximate surface area is 163 Å². The van der Waals surface area contributed by atoms with Gasteiger partial charge in [-0.1, -0.05) is 62.1 Å². The van der Waals surface area contributed by atoms with E-state index in [0.29, 0.717) is 18.1 Å². The Kier molecular flexibility index (Phi) is 7.08. The molecule has 27 heavy (non-hydrogen) atoms. The predicted molar refractivity (Wildman–Crippen MR) is 113 cm³/mol. The molecule has 5 nitrogen and oxygen atoms in total. The largest absolute Gasteiger partial charge is 0.493 e. The molecule has 2 rings (SSSR count). The fraction of sp³-hybridized carbons (Fsp3) is 0.400. The van der Waals surface area contributed by atoms with Gasteiger partial charge in [-0.15, -0.1) is 0 Å². The highest BCUT2D eigenvalue weighted by Gasteiger charge is 2.27. The zero-order valence-corrected chi connectivity index (χ0v) is 18.5. The molecule has 0 amide bonds. The molecule has 0 aromatic heterocycles. The summed E-state index contributed by atoms with van der Waals surface area (Å²) in [6, 6.07) is 15.2. The molecule has 0 saturated carbocycles. The molecule has 2 aromatic carbocycles.